The predicted molar refractivity (Wildman–Crippen MR) is 133 cm³/mol. The smallest absolute Gasteiger partial charge is 0.266 e. The van der Waals surface area contributed by atoms with Gasteiger partial charge in [-0.2, -0.15) is 10.1 Å². The van der Waals surface area contributed by atoms with Gasteiger partial charge in [0.15, 0.2) is 5.17 Å². The summed E-state index contributed by atoms with van der Waals surface area (Å²) in [5.74, 6) is -0.230. The molecule has 0 N–H and O–H groups in total. The molecule has 0 saturated carbocycles. The van der Waals surface area contributed by atoms with Crippen molar-refractivity contribution in [1.29, 1.82) is 0 Å². The van der Waals surface area contributed by atoms with Crippen molar-refractivity contribution >= 4 is 46.2 Å². The van der Waals surface area contributed by atoms with Gasteiger partial charge in [0.05, 0.1) is 16.7 Å². The van der Waals surface area contributed by atoms with Crippen molar-refractivity contribution in [1.82, 2.24) is 5.01 Å². The quantitative estimate of drug-likeness (QED) is 0.423. The summed E-state index contributed by atoms with van der Waals surface area (Å²) in [5, 5.41) is 8.07. The molecule has 2 heterocycles. The minimum absolute atomic E-state index is 0.0562. The van der Waals surface area contributed by atoms with Gasteiger partial charge in [-0.05, 0) is 59.1 Å². The van der Waals surface area contributed by atoms with Crippen LogP contribution in [0.4, 0.5) is 0 Å². The van der Waals surface area contributed by atoms with Crippen molar-refractivity contribution in [2.45, 2.75) is 19.4 Å². The number of aryl methyl sites for hydroxylation is 1. The minimum atomic E-state index is -0.230. The molecule has 0 radical (unpaired) electrons. The molecule has 1 unspecified atom stereocenters. The Morgan fingerprint density at radius 3 is 2.47 bits per heavy atom. The van der Waals surface area contributed by atoms with Crippen LogP contribution in [0.25, 0.3) is 6.08 Å². The number of hydrogen-bond acceptors (Lipinski definition) is 4. The van der Waals surface area contributed by atoms with Gasteiger partial charge in [-0.3, -0.25) is 4.79 Å². The van der Waals surface area contributed by atoms with E-state index in [1.54, 1.807) is 0 Å². The summed E-state index contributed by atoms with van der Waals surface area (Å²) < 4.78 is 0. The van der Waals surface area contributed by atoms with Crippen LogP contribution in [0.2, 0.25) is 5.02 Å². The number of hydrazone groups is 1. The lowest BCUT2D eigenvalue weighted by atomic mass is 9.99. The maximum absolute atomic E-state index is 12.7. The summed E-state index contributed by atoms with van der Waals surface area (Å²) in [6, 6.07) is 25.8. The molecule has 0 bridgehead atoms. The third-order valence-electron chi connectivity index (χ3n) is 5.55. The van der Waals surface area contributed by atoms with Crippen molar-refractivity contribution in [3.63, 3.8) is 0 Å². The van der Waals surface area contributed by atoms with Gasteiger partial charge in [0, 0.05) is 11.4 Å². The SMILES string of the molecule is Cc1ccccc1/C=C1\SC(N2N=C(c3ccccc3)CC2c2ccc(Cl)cc2)=NC1=O. The fraction of sp³-hybridized carbons (Fsp3) is 0.115. The zero-order valence-corrected chi connectivity index (χ0v) is 19.0. The van der Waals surface area contributed by atoms with E-state index in [2.05, 4.69) is 17.1 Å². The Hall–Kier alpha value is -3.15. The van der Waals surface area contributed by atoms with Gasteiger partial charge in [0.1, 0.15) is 0 Å². The van der Waals surface area contributed by atoms with E-state index in [1.165, 1.54) is 11.8 Å². The molecule has 0 aliphatic carbocycles. The molecule has 0 fully saturated rings. The summed E-state index contributed by atoms with van der Waals surface area (Å²) in [5.41, 5.74) is 5.25. The monoisotopic (exact) mass is 457 g/mol. The Bertz CT molecular complexity index is 1270. The molecule has 0 saturated heterocycles. The van der Waals surface area contributed by atoms with Gasteiger partial charge in [-0.1, -0.05) is 78.3 Å². The number of amides is 1. The number of carbonyl (C=O) groups is 1. The van der Waals surface area contributed by atoms with E-state index in [9.17, 15) is 4.79 Å². The summed E-state index contributed by atoms with van der Waals surface area (Å²) >= 11 is 7.48. The predicted octanol–water partition coefficient (Wildman–Crippen LogP) is 6.47. The fourth-order valence-corrected chi connectivity index (χ4v) is 4.85. The van der Waals surface area contributed by atoms with Gasteiger partial charge in [-0.15, -0.1) is 0 Å². The lowest BCUT2D eigenvalue weighted by molar-refractivity contribution is -0.113. The van der Waals surface area contributed by atoms with E-state index in [1.807, 2.05) is 84.7 Å². The van der Waals surface area contributed by atoms with Crippen molar-refractivity contribution in [2.75, 3.05) is 0 Å². The number of hydrogen-bond donors (Lipinski definition) is 0. The third kappa shape index (κ3) is 4.14. The van der Waals surface area contributed by atoms with E-state index >= 15 is 0 Å². The van der Waals surface area contributed by atoms with E-state index in [-0.39, 0.29) is 11.9 Å². The van der Waals surface area contributed by atoms with Crippen molar-refractivity contribution in [2.24, 2.45) is 10.1 Å². The third-order valence-corrected chi connectivity index (χ3v) is 6.78. The maximum Gasteiger partial charge on any atom is 0.286 e. The number of rotatable bonds is 3. The van der Waals surface area contributed by atoms with Gasteiger partial charge in [-0.25, -0.2) is 5.01 Å². The van der Waals surface area contributed by atoms with Crippen LogP contribution >= 0.6 is 23.4 Å². The first-order valence-corrected chi connectivity index (χ1v) is 11.5. The Kier molecular flexibility index (Phi) is 5.68. The summed E-state index contributed by atoms with van der Waals surface area (Å²) in [7, 11) is 0. The van der Waals surface area contributed by atoms with Gasteiger partial charge >= 0.3 is 0 Å². The molecule has 3 aromatic carbocycles. The lowest BCUT2D eigenvalue weighted by Gasteiger charge is -2.22. The van der Waals surface area contributed by atoms with Crippen LogP contribution < -0.4 is 0 Å². The number of thioether (sulfide) groups is 1. The average Bonchev–Trinajstić information content (AvgIpc) is 3.41. The maximum atomic E-state index is 12.7. The van der Waals surface area contributed by atoms with E-state index in [0.717, 1.165) is 34.4 Å². The van der Waals surface area contributed by atoms with Gasteiger partial charge in [0.25, 0.3) is 5.91 Å². The Labute approximate surface area is 196 Å². The lowest BCUT2D eigenvalue weighted by Crippen LogP contribution is -2.23. The highest BCUT2D eigenvalue weighted by Gasteiger charge is 2.36. The number of carbonyl (C=O) groups excluding carboxylic acids is 1. The fourth-order valence-electron chi connectivity index (χ4n) is 3.82. The summed E-state index contributed by atoms with van der Waals surface area (Å²) in [4.78, 5) is 17.7. The zero-order valence-electron chi connectivity index (χ0n) is 17.4. The first-order valence-electron chi connectivity index (χ1n) is 10.3. The molecular formula is C26H20ClN3OS. The number of halogens is 1. The Morgan fingerprint density at radius 1 is 1.00 bits per heavy atom. The van der Waals surface area contributed by atoms with Crippen LogP contribution in [0, 0.1) is 6.92 Å². The Balaban J connectivity index is 1.49. The van der Waals surface area contributed by atoms with Crippen LogP contribution in [0.1, 0.15) is 34.7 Å². The first kappa shape index (κ1) is 20.7. The van der Waals surface area contributed by atoms with E-state index in [0.29, 0.717) is 15.1 Å². The first-order chi connectivity index (χ1) is 15.6. The van der Waals surface area contributed by atoms with Crippen molar-refractivity contribution < 1.29 is 4.79 Å². The van der Waals surface area contributed by atoms with Crippen LogP contribution in [-0.2, 0) is 4.79 Å². The molecule has 5 rings (SSSR count). The second-order valence-corrected chi connectivity index (χ2v) is 9.14. The minimum Gasteiger partial charge on any atom is -0.266 e. The molecule has 0 spiro atoms. The molecule has 0 aromatic heterocycles. The highest BCUT2D eigenvalue weighted by atomic mass is 35.5. The Morgan fingerprint density at radius 2 is 1.72 bits per heavy atom. The molecular weight excluding hydrogens is 438 g/mol. The van der Waals surface area contributed by atoms with E-state index < -0.39 is 0 Å². The molecule has 6 heteroatoms. The van der Waals surface area contributed by atoms with E-state index in [4.69, 9.17) is 16.7 Å². The molecule has 2 aliphatic rings. The number of amidine groups is 1. The average molecular weight is 458 g/mol. The van der Waals surface area contributed by atoms with Gasteiger partial charge < -0.3 is 0 Å². The van der Waals surface area contributed by atoms with Crippen LogP contribution in [0.15, 0.2) is 93.9 Å². The second kappa shape index (κ2) is 8.77. The number of aliphatic imine (C=N–C) groups is 1. The largest absolute Gasteiger partial charge is 0.286 e. The summed E-state index contributed by atoms with van der Waals surface area (Å²) in [6.45, 7) is 2.03. The van der Waals surface area contributed by atoms with Crippen molar-refractivity contribution in [3.05, 3.63) is 111 Å². The molecule has 1 amide bonds. The van der Waals surface area contributed by atoms with Crippen LogP contribution in [-0.4, -0.2) is 21.8 Å². The zero-order chi connectivity index (χ0) is 22.1. The van der Waals surface area contributed by atoms with Crippen LogP contribution in [0.3, 0.4) is 0 Å². The molecule has 3 aromatic rings. The topological polar surface area (TPSA) is 45.0 Å². The molecule has 32 heavy (non-hydrogen) atoms. The molecule has 158 valence electrons. The van der Waals surface area contributed by atoms with Crippen LogP contribution in [0.5, 0.6) is 0 Å². The summed E-state index contributed by atoms with van der Waals surface area (Å²) in [6.07, 6.45) is 2.63. The number of benzene rings is 3. The highest BCUT2D eigenvalue weighted by molar-refractivity contribution is 8.18. The highest BCUT2D eigenvalue weighted by Crippen LogP contribution is 2.39. The second-order valence-electron chi connectivity index (χ2n) is 7.70. The van der Waals surface area contributed by atoms with Gasteiger partial charge in [0.2, 0.25) is 0 Å². The molecule has 1 atom stereocenters. The number of nitrogens with zero attached hydrogens (tertiary/aromatic N) is 3. The molecule has 4 nitrogen and oxygen atoms in total. The van der Waals surface area contributed by atoms with Crippen molar-refractivity contribution in [3.8, 4) is 0 Å². The normalized spacial score (nSPS) is 19.4. The molecule has 2 aliphatic heterocycles. The standard InChI is InChI=1S/C26H20ClN3OS/c1-17-7-5-6-10-20(17)15-24-25(31)28-26(32-24)30-23(19-11-13-21(27)14-12-19)16-22(29-30)18-8-3-2-4-9-18/h2-15,23H,16H2,1H3/b24-15-.